The van der Waals surface area contributed by atoms with E-state index in [0.717, 1.165) is 23.6 Å². The molecule has 0 saturated carbocycles. The summed E-state index contributed by atoms with van der Waals surface area (Å²) in [5.74, 6) is -0.00836. The van der Waals surface area contributed by atoms with Crippen molar-refractivity contribution in [3.8, 4) is 0 Å². The molecule has 0 bridgehead atoms. The summed E-state index contributed by atoms with van der Waals surface area (Å²) < 4.78 is 0. The van der Waals surface area contributed by atoms with Gasteiger partial charge in [-0.2, -0.15) is 0 Å². The first-order valence-corrected chi connectivity index (χ1v) is 7.57. The molecule has 0 unspecified atom stereocenters. The van der Waals surface area contributed by atoms with Crippen LogP contribution in [0.1, 0.15) is 10.4 Å². The number of anilines is 3. The first kappa shape index (κ1) is 14.9. The van der Waals surface area contributed by atoms with Gasteiger partial charge in [0, 0.05) is 13.1 Å². The highest BCUT2D eigenvalue weighted by Gasteiger charge is 2.27. The number of hydrogen-bond donors (Lipinski definition) is 1. The van der Waals surface area contributed by atoms with Crippen LogP contribution >= 0.6 is 11.6 Å². The minimum absolute atomic E-state index is 0.00836. The zero-order chi connectivity index (χ0) is 15.7. The number of rotatable bonds is 3. The van der Waals surface area contributed by atoms with Gasteiger partial charge in [-0.3, -0.25) is 4.79 Å². The Morgan fingerprint density at radius 3 is 2.68 bits per heavy atom. The molecule has 1 amide bonds. The van der Waals surface area contributed by atoms with Crippen molar-refractivity contribution < 1.29 is 4.79 Å². The first-order valence-electron chi connectivity index (χ1n) is 7.19. The first-order chi connectivity index (χ1) is 10.6. The molecule has 5 heteroatoms. The van der Waals surface area contributed by atoms with Gasteiger partial charge in [0.25, 0.3) is 5.91 Å². The molecule has 1 heterocycles. The molecule has 0 spiro atoms. The topological polar surface area (TPSA) is 35.6 Å². The third-order valence-corrected chi connectivity index (χ3v) is 4.03. The average Bonchev–Trinajstić information content (AvgIpc) is 2.61. The van der Waals surface area contributed by atoms with Crippen molar-refractivity contribution in [3.63, 3.8) is 0 Å². The average molecular weight is 316 g/mol. The molecule has 0 aromatic heterocycles. The number of hydrogen-bond acceptors (Lipinski definition) is 3. The zero-order valence-electron chi connectivity index (χ0n) is 12.6. The Balaban J connectivity index is 2.12. The van der Waals surface area contributed by atoms with E-state index < -0.39 is 0 Å². The monoisotopic (exact) mass is 315 g/mol. The van der Waals surface area contributed by atoms with E-state index in [1.807, 2.05) is 56.6 Å². The van der Waals surface area contributed by atoms with Gasteiger partial charge in [-0.25, -0.2) is 0 Å². The highest BCUT2D eigenvalue weighted by atomic mass is 35.5. The molecule has 114 valence electrons. The Morgan fingerprint density at radius 1 is 1.14 bits per heavy atom. The van der Waals surface area contributed by atoms with Crippen molar-refractivity contribution >= 4 is 34.6 Å². The fraction of sp³-hybridized carbons (Fsp3) is 0.235. The Bertz CT molecular complexity index is 715. The van der Waals surface area contributed by atoms with Gasteiger partial charge >= 0.3 is 0 Å². The quantitative estimate of drug-likeness (QED) is 0.940. The standard InChI is InChI=1S/C17H18ClN3O/c1-20(2)10-11-21-15-9-5-7-13(18)16(15)19-14-8-4-3-6-12(14)17(21)22/h3-9,19H,10-11H2,1-2H3. The van der Waals surface area contributed by atoms with E-state index in [4.69, 9.17) is 11.6 Å². The van der Waals surface area contributed by atoms with Gasteiger partial charge in [0.2, 0.25) is 0 Å². The third kappa shape index (κ3) is 2.67. The second-order valence-electron chi connectivity index (χ2n) is 5.56. The van der Waals surface area contributed by atoms with Crippen LogP contribution in [-0.4, -0.2) is 38.0 Å². The number of carbonyl (C=O) groups excluding carboxylic acids is 1. The van der Waals surface area contributed by atoms with E-state index in [1.165, 1.54) is 0 Å². The maximum Gasteiger partial charge on any atom is 0.260 e. The molecule has 0 aliphatic carbocycles. The van der Waals surface area contributed by atoms with E-state index in [1.54, 1.807) is 4.90 Å². The molecule has 2 aromatic carbocycles. The molecule has 4 nitrogen and oxygen atoms in total. The lowest BCUT2D eigenvalue weighted by molar-refractivity contribution is 0.0986. The van der Waals surface area contributed by atoms with E-state index in [2.05, 4.69) is 10.2 Å². The number of nitrogens with one attached hydrogen (secondary N) is 1. The maximum absolute atomic E-state index is 12.9. The summed E-state index contributed by atoms with van der Waals surface area (Å²) in [6.07, 6.45) is 0. The Labute approximate surface area is 135 Å². The summed E-state index contributed by atoms with van der Waals surface area (Å²) in [5, 5.41) is 3.92. The number of amides is 1. The van der Waals surface area contributed by atoms with Crippen LogP contribution < -0.4 is 10.2 Å². The molecule has 0 fully saturated rings. The maximum atomic E-state index is 12.9. The molecular weight excluding hydrogens is 298 g/mol. The molecule has 0 atom stereocenters. The molecule has 1 N–H and O–H groups in total. The van der Waals surface area contributed by atoms with Crippen molar-refractivity contribution in [1.29, 1.82) is 0 Å². The number of para-hydroxylation sites is 2. The van der Waals surface area contributed by atoms with E-state index in [9.17, 15) is 4.79 Å². The number of benzene rings is 2. The smallest absolute Gasteiger partial charge is 0.260 e. The minimum Gasteiger partial charge on any atom is -0.352 e. The van der Waals surface area contributed by atoms with Gasteiger partial charge in [0.05, 0.1) is 27.6 Å². The van der Waals surface area contributed by atoms with Crippen LogP contribution in [0.5, 0.6) is 0 Å². The van der Waals surface area contributed by atoms with Gasteiger partial charge in [0.1, 0.15) is 0 Å². The molecule has 0 radical (unpaired) electrons. The number of fused-ring (bicyclic) bond motifs is 2. The van der Waals surface area contributed by atoms with E-state index in [0.29, 0.717) is 17.1 Å². The van der Waals surface area contributed by atoms with Crippen LogP contribution in [0.25, 0.3) is 0 Å². The van der Waals surface area contributed by atoms with Crippen molar-refractivity contribution in [2.24, 2.45) is 0 Å². The van der Waals surface area contributed by atoms with E-state index in [-0.39, 0.29) is 5.91 Å². The second-order valence-corrected chi connectivity index (χ2v) is 5.97. The van der Waals surface area contributed by atoms with Crippen molar-refractivity contribution in [2.75, 3.05) is 37.4 Å². The SMILES string of the molecule is CN(C)CCN1C(=O)c2ccccc2Nc2c(Cl)cccc21. The summed E-state index contributed by atoms with van der Waals surface area (Å²) in [4.78, 5) is 16.8. The molecule has 0 saturated heterocycles. The number of nitrogens with zero attached hydrogens (tertiary/aromatic N) is 2. The minimum atomic E-state index is -0.00836. The summed E-state index contributed by atoms with van der Waals surface area (Å²) in [6.45, 7) is 1.38. The van der Waals surface area contributed by atoms with Crippen LogP contribution in [0.2, 0.25) is 5.02 Å². The predicted molar refractivity (Wildman–Crippen MR) is 91.4 cm³/mol. The van der Waals surface area contributed by atoms with Crippen LogP contribution in [0.3, 0.4) is 0 Å². The van der Waals surface area contributed by atoms with Crippen molar-refractivity contribution in [2.45, 2.75) is 0 Å². The Hall–Kier alpha value is -2.04. The third-order valence-electron chi connectivity index (χ3n) is 3.72. The molecule has 1 aliphatic rings. The lowest BCUT2D eigenvalue weighted by Crippen LogP contribution is -2.36. The fourth-order valence-corrected chi connectivity index (χ4v) is 2.77. The largest absolute Gasteiger partial charge is 0.352 e. The summed E-state index contributed by atoms with van der Waals surface area (Å²) in [7, 11) is 3.99. The number of carbonyl (C=O) groups is 1. The predicted octanol–water partition coefficient (Wildman–Crippen LogP) is 3.61. The number of likely N-dealkylation sites (N-methyl/N-ethyl adjacent to an activating group) is 1. The normalized spacial score (nSPS) is 13.5. The summed E-state index contributed by atoms with van der Waals surface area (Å²) >= 11 is 6.35. The van der Waals surface area contributed by atoms with Crippen molar-refractivity contribution in [3.05, 3.63) is 53.1 Å². The van der Waals surface area contributed by atoms with E-state index >= 15 is 0 Å². The summed E-state index contributed by atoms with van der Waals surface area (Å²) in [6, 6.07) is 13.1. The zero-order valence-corrected chi connectivity index (χ0v) is 13.4. The van der Waals surface area contributed by atoms with Crippen LogP contribution in [-0.2, 0) is 0 Å². The molecular formula is C17H18ClN3O. The van der Waals surface area contributed by atoms with Gasteiger partial charge in [-0.15, -0.1) is 0 Å². The van der Waals surface area contributed by atoms with Gasteiger partial charge in [0.15, 0.2) is 0 Å². The number of halogens is 1. The highest BCUT2D eigenvalue weighted by Crippen LogP contribution is 2.39. The van der Waals surface area contributed by atoms with Gasteiger partial charge in [-0.05, 0) is 38.4 Å². The lowest BCUT2D eigenvalue weighted by Gasteiger charge is -2.24. The second kappa shape index (κ2) is 5.99. The Kier molecular flexibility index (Phi) is 4.05. The molecule has 22 heavy (non-hydrogen) atoms. The fourth-order valence-electron chi connectivity index (χ4n) is 2.55. The molecule has 3 rings (SSSR count). The summed E-state index contributed by atoms with van der Waals surface area (Å²) in [5.41, 5.74) is 3.04. The van der Waals surface area contributed by atoms with Gasteiger partial charge < -0.3 is 15.1 Å². The highest BCUT2D eigenvalue weighted by molar-refractivity contribution is 6.34. The molecule has 1 aliphatic heterocycles. The van der Waals surface area contributed by atoms with Crippen LogP contribution in [0, 0.1) is 0 Å². The Morgan fingerprint density at radius 2 is 1.91 bits per heavy atom. The van der Waals surface area contributed by atoms with Crippen LogP contribution in [0.4, 0.5) is 17.1 Å². The molecule has 2 aromatic rings. The van der Waals surface area contributed by atoms with Crippen LogP contribution in [0.15, 0.2) is 42.5 Å². The van der Waals surface area contributed by atoms with Gasteiger partial charge in [-0.1, -0.05) is 29.8 Å². The lowest BCUT2D eigenvalue weighted by atomic mass is 10.1. The van der Waals surface area contributed by atoms with Crippen molar-refractivity contribution in [1.82, 2.24) is 4.90 Å².